The summed E-state index contributed by atoms with van der Waals surface area (Å²) in [5, 5.41) is 0. The zero-order valence-electron chi connectivity index (χ0n) is 10.6. The van der Waals surface area contributed by atoms with Gasteiger partial charge in [-0.05, 0) is 31.7 Å². The van der Waals surface area contributed by atoms with Crippen LogP contribution in [0.2, 0.25) is 0 Å². The third-order valence-corrected chi connectivity index (χ3v) is 4.01. The van der Waals surface area contributed by atoms with Gasteiger partial charge in [-0.3, -0.25) is 4.79 Å². The van der Waals surface area contributed by atoms with Gasteiger partial charge >= 0.3 is 0 Å². The second-order valence-electron chi connectivity index (χ2n) is 5.11. The molecule has 96 valence electrons. The number of aromatic nitrogens is 1. The summed E-state index contributed by atoms with van der Waals surface area (Å²) in [6, 6.07) is 4.34. The van der Waals surface area contributed by atoms with E-state index in [0.29, 0.717) is 0 Å². The second-order valence-corrected chi connectivity index (χ2v) is 5.11. The molecular formula is C14H19N3O. The molecule has 1 amide bonds. The molecule has 1 unspecified atom stereocenters. The molecule has 1 atom stereocenters. The van der Waals surface area contributed by atoms with Crippen LogP contribution in [0, 0.1) is 0 Å². The highest BCUT2D eigenvalue weighted by molar-refractivity contribution is 5.54. The van der Waals surface area contributed by atoms with E-state index in [1.807, 2.05) is 17.2 Å². The Morgan fingerprint density at radius 3 is 2.83 bits per heavy atom. The van der Waals surface area contributed by atoms with Crippen LogP contribution in [0.4, 0.5) is 5.82 Å². The molecule has 1 aromatic rings. The van der Waals surface area contributed by atoms with Crippen LogP contribution in [0.3, 0.4) is 0 Å². The van der Waals surface area contributed by atoms with Gasteiger partial charge in [0.15, 0.2) is 0 Å². The summed E-state index contributed by atoms with van der Waals surface area (Å²) >= 11 is 0. The van der Waals surface area contributed by atoms with Gasteiger partial charge in [-0.15, -0.1) is 0 Å². The van der Waals surface area contributed by atoms with E-state index in [9.17, 15) is 4.79 Å². The van der Waals surface area contributed by atoms with Gasteiger partial charge in [0.2, 0.25) is 6.41 Å². The standard InChI is InChI=1S/C14H19N3O/c18-11-17-10-4-6-13(17)12-5-3-7-15-14(12)16-8-1-2-9-16/h3,5,7,11,13H,1-2,4,6,8-10H2. The Balaban J connectivity index is 1.93. The van der Waals surface area contributed by atoms with Crippen molar-refractivity contribution >= 4 is 12.2 Å². The van der Waals surface area contributed by atoms with E-state index in [1.165, 1.54) is 18.4 Å². The number of rotatable bonds is 3. The molecule has 0 aromatic carbocycles. The normalized spacial score (nSPS) is 23.7. The van der Waals surface area contributed by atoms with Gasteiger partial charge in [-0.25, -0.2) is 4.98 Å². The second kappa shape index (κ2) is 4.96. The number of hydrogen-bond donors (Lipinski definition) is 0. The molecular weight excluding hydrogens is 226 g/mol. The highest BCUT2D eigenvalue weighted by Crippen LogP contribution is 2.36. The van der Waals surface area contributed by atoms with Crippen molar-refractivity contribution in [3.05, 3.63) is 23.9 Å². The lowest BCUT2D eigenvalue weighted by atomic mass is 10.1. The molecule has 2 aliphatic heterocycles. The zero-order chi connectivity index (χ0) is 12.4. The van der Waals surface area contributed by atoms with Crippen LogP contribution >= 0.6 is 0 Å². The van der Waals surface area contributed by atoms with Crippen LogP contribution in [-0.4, -0.2) is 35.9 Å². The van der Waals surface area contributed by atoms with Gasteiger partial charge in [-0.1, -0.05) is 6.07 Å². The zero-order valence-corrected chi connectivity index (χ0v) is 10.6. The Hall–Kier alpha value is -1.58. The number of amides is 1. The van der Waals surface area contributed by atoms with Gasteiger partial charge in [0.05, 0.1) is 6.04 Å². The summed E-state index contributed by atoms with van der Waals surface area (Å²) in [7, 11) is 0. The molecule has 0 aliphatic carbocycles. The first-order chi connectivity index (χ1) is 8.90. The fourth-order valence-corrected chi connectivity index (χ4v) is 3.11. The Morgan fingerprint density at radius 2 is 2.06 bits per heavy atom. The molecule has 2 saturated heterocycles. The first-order valence-electron chi connectivity index (χ1n) is 6.81. The molecule has 2 fully saturated rings. The van der Waals surface area contributed by atoms with Crippen molar-refractivity contribution in [2.24, 2.45) is 0 Å². The molecule has 0 spiro atoms. The topological polar surface area (TPSA) is 36.4 Å². The third kappa shape index (κ3) is 1.96. The highest BCUT2D eigenvalue weighted by Gasteiger charge is 2.29. The molecule has 0 bridgehead atoms. The maximum absolute atomic E-state index is 11.1. The van der Waals surface area contributed by atoms with Crippen molar-refractivity contribution < 1.29 is 4.79 Å². The molecule has 18 heavy (non-hydrogen) atoms. The molecule has 0 radical (unpaired) electrons. The van der Waals surface area contributed by atoms with E-state index in [2.05, 4.69) is 16.0 Å². The van der Waals surface area contributed by atoms with Crippen LogP contribution in [0.25, 0.3) is 0 Å². The lowest BCUT2D eigenvalue weighted by Crippen LogP contribution is -2.26. The van der Waals surface area contributed by atoms with Crippen molar-refractivity contribution in [1.82, 2.24) is 9.88 Å². The van der Waals surface area contributed by atoms with E-state index >= 15 is 0 Å². The Kier molecular flexibility index (Phi) is 3.17. The first kappa shape index (κ1) is 11.5. The summed E-state index contributed by atoms with van der Waals surface area (Å²) < 4.78 is 0. The Labute approximate surface area is 108 Å². The van der Waals surface area contributed by atoms with Crippen LogP contribution < -0.4 is 4.90 Å². The van der Waals surface area contributed by atoms with Crippen LogP contribution in [0.15, 0.2) is 18.3 Å². The van der Waals surface area contributed by atoms with E-state index < -0.39 is 0 Å². The van der Waals surface area contributed by atoms with E-state index in [-0.39, 0.29) is 6.04 Å². The third-order valence-electron chi connectivity index (χ3n) is 4.01. The van der Waals surface area contributed by atoms with Crippen LogP contribution in [0.5, 0.6) is 0 Å². The predicted octanol–water partition coefficient (Wildman–Crippen LogP) is 1.98. The largest absolute Gasteiger partial charge is 0.356 e. The average molecular weight is 245 g/mol. The summed E-state index contributed by atoms with van der Waals surface area (Å²) in [6.07, 6.45) is 7.49. The fraction of sp³-hybridized carbons (Fsp3) is 0.571. The van der Waals surface area contributed by atoms with Crippen molar-refractivity contribution in [1.29, 1.82) is 0 Å². The van der Waals surface area contributed by atoms with Crippen molar-refractivity contribution in [2.45, 2.75) is 31.7 Å². The minimum Gasteiger partial charge on any atom is -0.356 e. The van der Waals surface area contributed by atoms with Crippen LogP contribution in [-0.2, 0) is 4.79 Å². The summed E-state index contributed by atoms with van der Waals surface area (Å²) in [5.74, 6) is 1.09. The molecule has 1 aromatic heterocycles. The Morgan fingerprint density at radius 1 is 1.22 bits per heavy atom. The minimum atomic E-state index is 0.229. The summed E-state index contributed by atoms with van der Waals surface area (Å²) in [4.78, 5) is 19.9. The number of likely N-dealkylation sites (tertiary alicyclic amines) is 1. The molecule has 4 nitrogen and oxygen atoms in total. The minimum absolute atomic E-state index is 0.229. The van der Waals surface area contributed by atoms with Gasteiger partial charge in [0.1, 0.15) is 5.82 Å². The molecule has 0 saturated carbocycles. The lowest BCUT2D eigenvalue weighted by Gasteiger charge is -2.26. The lowest BCUT2D eigenvalue weighted by molar-refractivity contribution is -0.118. The number of hydrogen-bond acceptors (Lipinski definition) is 3. The van der Waals surface area contributed by atoms with E-state index in [0.717, 1.165) is 44.7 Å². The smallest absolute Gasteiger partial charge is 0.210 e. The van der Waals surface area contributed by atoms with Gasteiger partial charge < -0.3 is 9.80 Å². The quantitative estimate of drug-likeness (QED) is 0.764. The summed E-state index contributed by atoms with van der Waals surface area (Å²) in [6.45, 7) is 3.07. The van der Waals surface area contributed by atoms with E-state index in [4.69, 9.17) is 0 Å². The fourth-order valence-electron chi connectivity index (χ4n) is 3.11. The average Bonchev–Trinajstić information content (AvgIpc) is 3.09. The number of anilines is 1. The van der Waals surface area contributed by atoms with Gasteiger partial charge in [-0.2, -0.15) is 0 Å². The number of nitrogens with zero attached hydrogens (tertiary/aromatic N) is 3. The molecule has 0 N–H and O–H groups in total. The van der Waals surface area contributed by atoms with Gasteiger partial charge in [0.25, 0.3) is 0 Å². The van der Waals surface area contributed by atoms with Crippen molar-refractivity contribution in [2.75, 3.05) is 24.5 Å². The maximum atomic E-state index is 11.1. The highest BCUT2D eigenvalue weighted by atomic mass is 16.1. The SMILES string of the molecule is O=CN1CCCC1c1cccnc1N1CCCC1. The maximum Gasteiger partial charge on any atom is 0.210 e. The van der Waals surface area contributed by atoms with E-state index in [1.54, 1.807) is 0 Å². The first-order valence-corrected chi connectivity index (χ1v) is 6.81. The number of pyridine rings is 1. The molecule has 3 heterocycles. The predicted molar refractivity (Wildman–Crippen MR) is 70.4 cm³/mol. The number of carbonyl (C=O) groups is 1. The molecule has 3 rings (SSSR count). The molecule has 4 heteroatoms. The summed E-state index contributed by atoms with van der Waals surface area (Å²) in [5.41, 5.74) is 1.23. The molecule has 2 aliphatic rings. The van der Waals surface area contributed by atoms with Crippen molar-refractivity contribution in [3.63, 3.8) is 0 Å². The Bertz CT molecular complexity index is 429. The van der Waals surface area contributed by atoms with Crippen LogP contribution in [0.1, 0.15) is 37.3 Å². The van der Waals surface area contributed by atoms with Crippen molar-refractivity contribution in [3.8, 4) is 0 Å². The number of carbonyl (C=O) groups excluding carboxylic acids is 1. The van der Waals surface area contributed by atoms with Gasteiger partial charge in [0, 0.05) is 31.4 Å². The monoisotopic (exact) mass is 245 g/mol.